The second-order valence-electron chi connectivity index (χ2n) is 4.19. The van der Waals surface area contributed by atoms with Gasteiger partial charge in [0.2, 0.25) is 0 Å². The summed E-state index contributed by atoms with van der Waals surface area (Å²) in [6.45, 7) is 0.726. The molecular weight excluding hydrogens is 227 g/mol. The van der Waals surface area contributed by atoms with E-state index < -0.39 is 12.6 Å². The zero-order valence-electron chi connectivity index (χ0n) is 8.62. The second-order valence-corrected chi connectivity index (χ2v) is 4.80. The fourth-order valence-corrected chi connectivity index (χ4v) is 2.11. The standard InChI is InChI=1S/C10H17ClF3N/c11-9-3-1-8(2-4-9)7-15-6-5-10(12,13)14/h8-9,15H,1-7H2. The first-order valence-corrected chi connectivity index (χ1v) is 5.82. The summed E-state index contributed by atoms with van der Waals surface area (Å²) in [7, 11) is 0. The number of hydrogen-bond acceptors (Lipinski definition) is 1. The van der Waals surface area contributed by atoms with E-state index in [1.807, 2.05) is 0 Å². The van der Waals surface area contributed by atoms with Crippen LogP contribution in [0.1, 0.15) is 32.1 Å². The van der Waals surface area contributed by atoms with Gasteiger partial charge in [-0.1, -0.05) is 0 Å². The first-order chi connectivity index (χ1) is 6.97. The highest BCUT2D eigenvalue weighted by Crippen LogP contribution is 2.27. The lowest BCUT2D eigenvalue weighted by molar-refractivity contribution is -0.133. The summed E-state index contributed by atoms with van der Waals surface area (Å²) < 4.78 is 35.4. The second kappa shape index (κ2) is 5.94. The Bertz CT molecular complexity index is 176. The highest BCUT2D eigenvalue weighted by atomic mass is 35.5. The van der Waals surface area contributed by atoms with Crippen molar-refractivity contribution in [2.45, 2.75) is 43.7 Å². The molecule has 1 aliphatic carbocycles. The van der Waals surface area contributed by atoms with E-state index in [0.29, 0.717) is 12.5 Å². The van der Waals surface area contributed by atoms with Crippen LogP contribution in [0, 0.1) is 5.92 Å². The third-order valence-corrected chi connectivity index (χ3v) is 3.23. The van der Waals surface area contributed by atoms with Crippen LogP contribution < -0.4 is 5.32 Å². The Labute approximate surface area is 93.4 Å². The van der Waals surface area contributed by atoms with Crippen molar-refractivity contribution in [2.24, 2.45) is 5.92 Å². The molecule has 0 radical (unpaired) electrons. The van der Waals surface area contributed by atoms with Crippen LogP contribution in [0.15, 0.2) is 0 Å². The van der Waals surface area contributed by atoms with Gasteiger partial charge < -0.3 is 5.32 Å². The molecule has 1 fully saturated rings. The molecule has 1 N–H and O–H groups in total. The number of rotatable bonds is 4. The molecule has 1 rings (SSSR count). The molecule has 15 heavy (non-hydrogen) atoms. The first-order valence-electron chi connectivity index (χ1n) is 5.39. The van der Waals surface area contributed by atoms with Gasteiger partial charge in [0.25, 0.3) is 0 Å². The van der Waals surface area contributed by atoms with Gasteiger partial charge in [-0.05, 0) is 38.1 Å². The molecule has 5 heteroatoms. The van der Waals surface area contributed by atoms with Crippen LogP contribution in [0.5, 0.6) is 0 Å². The minimum Gasteiger partial charge on any atom is -0.316 e. The minimum absolute atomic E-state index is 0.0320. The van der Waals surface area contributed by atoms with Crippen LogP contribution in [0.4, 0.5) is 13.2 Å². The molecule has 0 aromatic heterocycles. The number of hydrogen-bond donors (Lipinski definition) is 1. The molecule has 0 atom stereocenters. The van der Waals surface area contributed by atoms with Crippen LogP contribution in [0.25, 0.3) is 0 Å². The largest absolute Gasteiger partial charge is 0.390 e. The molecule has 0 saturated heterocycles. The zero-order chi connectivity index (χ0) is 11.3. The lowest BCUT2D eigenvalue weighted by Gasteiger charge is -2.25. The Morgan fingerprint density at radius 2 is 1.73 bits per heavy atom. The van der Waals surface area contributed by atoms with E-state index in [1.165, 1.54) is 0 Å². The summed E-state index contributed by atoms with van der Waals surface area (Å²) in [4.78, 5) is 0. The van der Waals surface area contributed by atoms with E-state index in [9.17, 15) is 13.2 Å². The van der Waals surface area contributed by atoms with E-state index in [2.05, 4.69) is 5.32 Å². The molecule has 90 valence electrons. The van der Waals surface area contributed by atoms with Gasteiger partial charge in [-0.15, -0.1) is 11.6 Å². The highest BCUT2D eigenvalue weighted by molar-refractivity contribution is 6.20. The monoisotopic (exact) mass is 243 g/mol. The SMILES string of the molecule is FC(F)(F)CCNCC1CCC(Cl)CC1. The molecule has 1 aliphatic rings. The van der Waals surface area contributed by atoms with E-state index in [0.717, 1.165) is 25.7 Å². The Morgan fingerprint density at radius 1 is 1.13 bits per heavy atom. The Kier molecular flexibility index (Phi) is 5.19. The molecule has 1 nitrogen and oxygen atoms in total. The maximum absolute atomic E-state index is 11.8. The van der Waals surface area contributed by atoms with Crippen LogP contribution in [-0.2, 0) is 0 Å². The van der Waals surface area contributed by atoms with Crippen LogP contribution in [0.2, 0.25) is 0 Å². The van der Waals surface area contributed by atoms with Gasteiger partial charge in [0.05, 0.1) is 6.42 Å². The lowest BCUT2D eigenvalue weighted by Crippen LogP contribution is -2.29. The molecule has 0 bridgehead atoms. The summed E-state index contributed by atoms with van der Waals surface area (Å²) in [5.41, 5.74) is 0. The van der Waals surface area contributed by atoms with Gasteiger partial charge in [0, 0.05) is 11.9 Å². The number of nitrogens with one attached hydrogen (secondary N) is 1. The fourth-order valence-electron chi connectivity index (χ4n) is 1.86. The van der Waals surface area contributed by atoms with Gasteiger partial charge in [0.1, 0.15) is 0 Å². The van der Waals surface area contributed by atoms with Crippen molar-refractivity contribution in [1.29, 1.82) is 0 Å². The molecule has 0 aliphatic heterocycles. The molecule has 0 spiro atoms. The van der Waals surface area contributed by atoms with Crippen molar-refractivity contribution in [3.05, 3.63) is 0 Å². The van der Waals surface area contributed by atoms with E-state index >= 15 is 0 Å². The van der Waals surface area contributed by atoms with Gasteiger partial charge in [0.15, 0.2) is 0 Å². The Morgan fingerprint density at radius 3 is 2.27 bits per heavy atom. The van der Waals surface area contributed by atoms with Crippen LogP contribution in [-0.4, -0.2) is 24.6 Å². The average Bonchev–Trinajstić information content (AvgIpc) is 2.14. The molecule has 0 unspecified atom stereocenters. The fraction of sp³-hybridized carbons (Fsp3) is 1.00. The summed E-state index contributed by atoms with van der Waals surface area (Å²) >= 11 is 5.93. The lowest BCUT2D eigenvalue weighted by atomic mass is 9.89. The zero-order valence-corrected chi connectivity index (χ0v) is 9.37. The van der Waals surface area contributed by atoms with Crippen molar-refractivity contribution in [3.8, 4) is 0 Å². The van der Waals surface area contributed by atoms with E-state index in [4.69, 9.17) is 11.6 Å². The van der Waals surface area contributed by atoms with E-state index in [1.54, 1.807) is 0 Å². The highest BCUT2D eigenvalue weighted by Gasteiger charge is 2.26. The Balaban J connectivity index is 2.01. The molecule has 0 aromatic rings. The topological polar surface area (TPSA) is 12.0 Å². The minimum atomic E-state index is -4.04. The molecule has 1 saturated carbocycles. The number of halogens is 4. The normalized spacial score (nSPS) is 28.0. The summed E-state index contributed by atoms with van der Waals surface area (Å²) in [6, 6.07) is 0. The van der Waals surface area contributed by atoms with Gasteiger partial charge in [-0.2, -0.15) is 13.2 Å². The maximum Gasteiger partial charge on any atom is 0.390 e. The van der Waals surface area contributed by atoms with Crippen molar-refractivity contribution < 1.29 is 13.2 Å². The van der Waals surface area contributed by atoms with E-state index in [-0.39, 0.29) is 11.9 Å². The third-order valence-electron chi connectivity index (χ3n) is 2.79. The summed E-state index contributed by atoms with van der Waals surface area (Å²) in [5, 5.41) is 3.14. The van der Waals surface area contributed by atoms with Crippen molar-refractivity contribution in [1.82, 2.24) is 5.32 Å². The maximum atomic E-state index is 11.8. The van der Waals surface area contributed by atoms with Crippen LogP contribution in [0.3, 0.4) is 0 Å². The Hall–Kier alpha value is 0.0400. The third kappa shape index (κ3) is 6.25. The average molecular weight is 244 g/mol. The van der Waals surface area contributed by atoms with Crippen molar-refractivity contribution in [3.63, 3.8) is 0 Å². The predicted octanol–water partition coefficient (Wildman–Crippen LogP) is 3.33. The van der Waals surface area contributed by atoms with Crippen molar-refractivity contribution >= 4 is 11.6 Å². The molecule has 0 amide bonds. The van der Waals surface area contributed by atoms with Gasteiger partial charge >= 0.3 is 6.18 Å². The summed E-state index contributed by atoms with van der Waals surface area (Å²) in [5.74, 6) is 0.508. The predicted molar refractivity (Wildman–Crippen MR) is 55.1 cm³/mol. The molecule has 0 aromatic carbocycles. The van der Waals surface area contributed by atoms with Gasteiger partial charge in [-0.25, -0.2) is 0 Å². The first kappa shape index (κ1) is 13.1. The molecular formula is C10H17ClF3N. The summed E-state index contributed by atoms with van der Waals surface area (Å²) in [6.07, 6.45) is -0.723. The van der Waals surface area contributed by atoms with Gasteiger partial charge in [-0.3, -0.25) is 0 Å². The van der Waals surface area contributed by atoms with Crippen molar-refractivity contribution in [2.75, 3.05) is 13.1 Å². The smallest absolute Gasteiger partial charge is 0.316 e. The number of alkyl halides is 4. The molecule has 0 heterocycles. The van der Waals surface area contributed by atoms with Crippen LogP contribution >= 0.6 is 11.6 Å². The quantitative estimate of drug-likeness (QED) is 0.590.